The van der Waals surface area contributed by atoms with Crippen LogP contribution in [0.2, 0.25) is 0 Å². The monoisotopic (exact) mass is 605 g/mol. The van der Waals surface area contributed by atoms with Crippen molar-refractivity contribution in [3.8, 4) is 33.6 Å². The number of nitrogens with zero attached hydrogens (tertiary/aromatic N) is 4. The lowest BCUT2D eigenvalue weighted by molar-refractivity contribution is 0.304. The number of fused-ring (bicyclic) bond motifs is 1. The molecule has 0 unspecified atom stereocenters. The van der Waals surface area contributed by atoms with Crippen molar-refractivity contribution in [3.05, 3.63) is 84.7 Å². The minimum absolute atomic E-state index is 0.131. The third-order valence-corrected chi connectivity index (χ3v) is 9.76. The summed E-state index contributed by atoms with van der Waals surface area (Å²) in [7, 11) is 5.00. The standard InChI is InChI=1S/C33H36BN7O2S/c1-40-20-21(17-37-44(2,42)43)14-31(40)33-36-18-28(38-33)23-7-5-22(6-8-23)24-9-10-26-16-27(12-11-25(26)15-24)29-19-35-32(39-29)30-4-3-13-41(30)34/h5-12,15-16,18-19,21,30-31,37H,3-4,13-14,17,20H2,1-2H3,(H,35,39)(H,36,38)/t21-,30+,31+/m1/s1. The first kappa shape index (κ1) is 29.0. The summed E-state index contributed by atoms with van der Waals surface area (Å²) in [6.07, 6.45) is 7.97. The summed E-state index contributed by atoms with van der Waals surface area (Å²) >= 11 is 0. The molecule has 2 saturated heterocycles. The molecular weight excluding hydrogens is 569 g/mol. The average molecular weight is 606 g/mol. The maximum absolute atomic E-state index is 11.5. The van der Waals surface area contributed by atoms with E-state index in [0.717, 1.165) is 77.6 Å². The van der Waals surface area contributed by atoms with Crippen LogP contribution < -0.4 is 4.72 Å². The quantitative estimate of drug-likeness (QED) is 0.214. The topological polar surface area (TPSA) is 110 Å². The second kappa shape index (κ2) is 11.6. The molecule has 5 aromatic rings. The van der Waals surface area contributed by atoms with Crippen molar-refractivity contribution in [2.75, 3.05) is 32.9 Å². The molecule has 224 valence electrons. The van der Waals surface area contributed by atoms with Crippen molar-refractivity contribution in [2.45, 2.75) is 31.3 Å². The van der Waals surface area contributed by atoms with Gasteiger partial charge in [0.25, 0.3) is 0 Å². The summed E-state index contributed by atoms with van der Waals surface area (Å²) in [6, 6.07) is 21.9. The van der Waals surface area contributed by atoms with Crippen molar-refractivity contribution in [1.29, 1.82) is 0 Å². The molecule has 11 heteroatoms. The van der Waals surface area contributed by atoms with E-state index in [2.05, 4.69) is 97.3 Å². The van der Waals surface area contributed by atoms with Gasteiger partial charge in [-0.05, 0) is 78.4 Å². The van der Waals surface area contributed by atoms with Crippen LogP contribution in [0.1, 0.15) is 43.0 Å². The van der Waals surface area contributed by atoms with Gasteiger partial charge in [-0.3, -0.25) is 4.90 Å². The van der Waals surface area contributed by atoms with Crippen LogP contribution in [0, 0.1) is 5.92 Å². The summed E-state index contributed by atoms with van der Waals surface area (Å²) in [6.45, 7) is 2.17. The summed E-state index contributed by atoms with van der Waals surface area (Å²) in [4.78, 5) is 20.4. The van der Waals surface area contributed by atoms with E-state index in [9.17, 15) is 8.42 Å². The molecule has 3 aromatic carbocycles. The Morgan fingerprint density at radius 2 is 1.45 bits per heavy atom. The second-order valence-corrected chi connectivity index (χ2v) is 14.1. The Balaban J connectivity index is 1.04. The molecule has 2 radical (unpaired) electrons. The molecule has 9 nitrogen and oxygen atoms in total. The third kappa shape index (κ3) is 5.97. The van der Waals surface area contributed by atoms with Gasteiger partial charge in [-0.1, -0.05) is 48.5 Å². The number of nitrogens with one attached hydrogen (secondary N) is 3. The van der Waals surface area contributed by atoms with E-state index in [1.165, 1.54) is 17.0 Å². The summed E-state index contributed by atoms with van der Waals surface area (Å²) in [5, 5.41) is 2.36. The number of aromatic amines is 2. The summed E-state index contributed by atoms with van der Waals surface area (Å²) in [5.74, 6) is 2.09. The Morgan fingerprint density at radius 3 is 2.11 bits per heavy atom. The first-order valence-corrected chi connectivity index (χ1v) is 17.0. The first-order valence-electron chi connectivity index (χ1n) is 15.1. The van der Waals surface area contributed by atoms with E-state index in [4.69, 9.17) is 7.98 Å². The van der Waals surface area contributed by atoms with Crippen molar-refractivity contribution >= 4 is 28.8 Å². The third-order valence-electron chi connectivity index (χ3n) is 9.07. The normalized spacial score (nSPS) is 21.5. The largest absolute Gasteiger partial charge is 0.345 e. The molecule has 0 saturated carbocycles. The first-order chi connectivity index (χ1) is 21.2. The van der Waals surface area contributed by atoms with Crippen LogP contribution in [0.25, 0.3) is 44.4 Å². The fourth-order valence-corrected chi connectivity index (χ4v) is 7.20. The fourth-order valence-electron chi connectivity index (χ4n) is 6.67. The molecule has 2 aliphatic heterocycles. The number of benzene rings is 3. The molecule has 0 amide bonds. The molecule has 4 heterocycles. The Labute approximate surface area is 259 Å². The van der Waals surface area contributed by atoms with E-state index in [1.807, 2.05) is 17.2 Å². The summed E-state index contributed by atoms with van der Waals surface area (Å²) in [5.41, 5.74) is 6.47. The van der Waals surface area contributed by atoms with Crippen molar-refractivity contribution < 1.29 is 8.42 Å². The Kier molecular flexibility index (Phi) is 7.66. The number of imidazole rings is 2. The molecule has 2 aliphatic rings. The molecule has 44 heavy (non-hydrogen) atoms. The molecule has 0 spiro atoms. The van der Waals surface area contributed by atoms with Gasteiger partial charge in [-0.15, -0.1) is 0 Å². The molecule has 3 atom stereocenters. The van der Waals surface area contributed by atoms with Crippen LogP contribution >= 0.6 is 0 Å². The number of aromatic nitrogens is 4. The zero-order valence-electron chi connectivity index (χ0n) is 25.0. The minimum atomic E-state index is -3.19. The van der Waals surface area contributed by atoms with Gasteiger partial charge >= 0.3 is 0 Å². The highest BCUT2D eigenvalue weighted by Crippen LogP contribution is 2.35. The van der Waals surface area contributed by atoms with Gasteiger partial charge in [-0.2, -0.15) is 0 Å². The zero-order chi connectivity index (χ0) is 30.4. The highest BCUT2D eigenvalue weighted by Gasteiger charge is 2.32. The molecule has 2 fully saturated rings. The van der Waals surface area contributed by atoms with E-state index < -0.39 is 10.0 Å². The molecule has 0 bridgehead atoms. The molecule has 0 aliphatic carbocycles. The molecular formula is C33H36BN7O2S. The van der Waals surface area contributed by atoms with Crippen molar-refractivity contribution in [3.63, 3.8) is 0 Å². The minimum Gasteiger partial charge on any atom is -0.345 e. The van der Waals surface area contributed by atoms with Crippen LogP contribution in [0.15, 0.2) is 73.1 Å². The van der Waals surface area contributed by atoms with Crippen LogP contribution in [0.4, 0.5) is 0 Å². The lowest BCUT2D eigenvalue weighted by Gasteiger charge is -2.17. The number of likely N-dealkylation sites (tertiary alicyclic amines) is 1. The van der Waals surface area contributed by atoms with Crippen LogP contribution in [0.5, 0.6) is 0 Å². The second-order valence-electron chi connectivity index (χ2n) is 12.3. The number of rotatable bonds is 8. The number of H-pyrrole nitrogens is 2. The number of sulfonamides is 1. The van der Waals surface area contributed by atoms with Gasteiger partial charge in [0.15, 0.2) is 7.98 Å². The SMILES string of the molecule is [B]N1CCC[C@H]1c1ncc(-c2ccc3cc(-c4ccc(-c5cnc([C@@H]6C[C@H](CNS(C)(=O)=O)CN6C)[nH]5)cc4)ccc3c2)[nH]1. The molecule has 2 aromatic heterocycles. The lowest BCUT2D eigenvalue weighted by Crippen LogP contribution is -2.29. The average Bonchev–Trinajstić information content (AvgIpc) is 3.82. The van der Waals surface area contributed by atoms with Crippen molar-refractivity contribution in [2.24, 2.45) is 5.92 Å². The van der Waals surface area contributed by atoms with E-state index in [-0.39, 0.29) is 18.0 Å². The summed E-state index contributed by atoms with van der Waals surface area (Å²) < 4.78 is 25.7. The Bertz CT molecular complexity index is 1900. The fraction of sp³-hybridized carbons (Fsp3) is 0.333. The van der Waals surface area contributed by atoms with E-state index in [1.54, 1.807) is 0 Å². The highest BCUT2D eigenvalue weighted by atomic mass is 32.2. The Morgan fingerprint density at radius 1 is 0.864 bits per heavy atom. The lowest BCUT2D eigenvalue weighted by atomic mass is 9.98. The van der Waals surface area contributed by atoms with Crippen LogP contribution in [-0.2, 0) is 10.0 Å². The van der Waals surface area contributed by atoms with Crippen molar-refractivity contribution in [1.82, 2.24) is 34.4 Å². The zero-order valence-corrected chi connectivity index (χ0v) is 25.8. The van der Waals surface area contributed by atoms with Crippen LogP contribution in [0.3, 0.4) is 0 Å². The van der Waals surface area contributed by atoms with Crippen LogP contribution in [-0.4, -0.2) is 79.0 Å². The Hall–Kier alpha value is -3.77. The van der Waals surface area contributed by atoms with Gasteiger partial charge in [0.1, 0.15) is 11.6 Å². The number of hydrogen-bond acceptors (Lipinski definition) is 6. The maximum atomic E-state index is 11.5. The van der Waals surface area contributed by atoms with E-state index >= 15 is 0 Å². The van der Waals surface area contributed by atoms with Gasteiger partial charge < -0.3 is 14.8 Å². The van der Waals surface area contributed by atoms with Gasteiger partial charge in [0.05, 0.1) is 42.1 Å². The predicted molar refractivity (Wildman–Crippen MR) is 175 cm³/mol. The van der Waals surface area contributed by atoms with Gasteiger partial charge in [-0.25, -0.2) is 23.1 Å². The maximum Gasteiger partial charge on any atom is 0.208 e. The van der Waals surface area contributed by atoms with Gasteiger partial charge in [0.2, 0.25) is 10.0 Å². The highest BCUT2D eigenvalue weighted by molar-refractivity contribution is 7.88. The smallest absolute Gasteiger partial charge is 0.208 e. The molecule has 7 rings (SSSR count). The number of hydrogen-bond donors (Lipinski definition) is 3. The van der Waals surface area contributed by atoms with Gasteiger partial charge in [0, 0.05) is 18.7 Å². The van der Waals surface area contributed by atoms with E-state index in [0.29, 0.717) is 6.54 Å². The predicted octanol–water partition coefficient (Wildman–Crippen LogP) is 5.05. The molecule has 3 N–H and O–H groups in total.